The number of carbonyl (C=O) groups excluding carboxylic acids is 1. The molecule has 1 N–H and O–H groups in total. The van der Waals surface area contributed by atoms with Gasteiger partial charge in [0, 0.05) is 34.5 Å². The van der Waals surface area contributed by atoms with Crippen LogP contribution in [0.3, 0.4) is 0 Å². The van der Waals surface area contributed by atoms with Crippen molar-refractivity contribution in [2.24, 2.45) is 5.41 Å². The zero-order chi connectivity index (χ0) is 19.2. The number of nitrogens with one attached hydrogen (secondary N) is 1. The summed E-state index contributed by atoms with van der Waals surface area (Å²) < 4.78 is 1.64. The van der Waals surface area contributed by atoms with E-state index in [0.717, 1.165) is 5.69 Å². The van der Waals surface area contributed by atoms with Crippen molar-refractivity contribution < 1.29 is 4.79 Å². The second-order valence-electron chi connectivity index (χ2n) is 7.35. The Morgan fingerprint density at radius 2 is 1.74 bits per heavy atom. The highest BCUT2D eigenvalue weighted by Crippen LogP contribution is 2.39. The number of rotatable bonds is 3. The number of anilines is 2. The second kappa shape index (κ2) is 6.62. The van der Waals surface area contributed by atoms with Crippen molar-refractivity contribution in [1.29, 1.82) is 0 Å². The van der Waals surface area contributed by atoms with Crippen molar-refractivity contribution in [3.05, 3.63) is 58.0 Å². The van der Waals surface area contributed by atoms with E-state index in [0.29, 0.717) is 45.9 Å². The van der Waals surface area contributed by atoms with Crippen LogP contribution < -0.4 is 5.32 Å². The minimum atomic E-state index is -0.159. The van der Waals surface area contributed by atoms with E-state index < -0.39 is 0 Å². The fourth-order valence-electron chi connectivity index (χ4n) is 3.36. The van der Waals surface area contributed by atoms with Crippen LogP contribution in [0, 0.1) is 5.41 Å². The van der Waals surface area contributed by atoms with Crippen LogP contribution in [0.1, 0.15) is 36.3 Å². The zero-order valence-electron chi connectivity index (χ0n) is 14.8. The molecule has 0 radical (unpaired) electrons. The number of carbonyl (C=O) groups is 1. The van der Waals surface area contributed by atoms with Crippen molar-refractivity contribution in [3.63, 3.8) is 0 Å². The number of hydrogen-bond donors (Lipinski definition) is 1. The van der Waals surface area contributed by atoms with Crippen molar-refractivity contribution in [2.45, 2.75) is 26.7 Å². The van der Waals surface area contributed by atoms with E-state index >= 15 is 0 Å². The van der Waals surface area contributed by atoms with E-state index in [1.807, 2.05) is 0 Å². The molecular formula is C19H17Cl2N5O. The number of Topliss-reactive ketones (excluding diaryl/α,β-unsaturated/α-hetero) is 1. The molecule has 0 saturated carbocycles. The van der Waals surface area contributed by atoms with Crippen LogP contribution in [-0.4, -0.2) is 25.5 Å². The molecule has 0 aliphatic heterocycles. The van der Waals surface area contributed by atoms with Gasteiger partial charge in [-0.05, 0) is 36.1 Å². The average molecular weight is 402 g/mol. The highest BCUT2D eigenvalue weighted by molar-refractivity contribution is 6.35. The Kier molecular flexibility index (Phi) is 4.40. The lowest BCUT2D eigenvalue weighted by atomic mass is 9.76. The number of hydrogen-bond acceptors (Lipinski definition) is 5. The first-order valence-electron chi connectivity index (χ1n) is 8.48. The molecule has 4 rings (SSSR count). The molecule has 0 saturated heterocycles. The predicted molar refractivity (Wildman–Crippen MR) is 105 cm³/mol. The summed E-state index contributed by atoms with van der Waals surface area (Å²) in [5, 5.41) is 8.79. The maximum absolute atomic E-state index is 12.9. The summed E-state index contributed by atoms with van der Waals surface area (Å²) in [7, 11) is 0. The third-order valence-electron chi connectivity index (χ3n) is 4.41. The summed E-state index contributed by atoms with van der Waals surface area (Å²) in [5.41, 5.74) is 1.87. The van der Waals surface area contributed by atoms with Crippen molar-refractivity contribution in [3.8, 4) is 5.95 Å². The molecule has 1 aliphatic rings. The van der Waals surface area contributed by atoms with E-state index in [4.69, 9.17) is 23.2 Å². The summed E-state index contributed by atoms with van der Waals surface area (Å²) in [5.74, 6) is 0.923. The van der Waals surface area contributed by atoms with Gasteiger partial charge in [0.1, 0.15) is 0 Å². The summed E-state index contributed by atoms with van der Waals surface area (Å²) >= 11 is 12.2. The first-order valence-corrected chi connectivity index (χ1v) is 9.24. The predicted octanol–water partition coefficient (Wildman–Crippen LogP) is 4.87. The van der Waals surface area contributed by atoms with E-state index in [1.165, 1.54) is 0 Å². The maximum Gasteiger partial charge on any atom is 0.250 e. The highest BCUT2D eigenvalue weighted by atomic mass is 35.5. The molecule has 0 bridgehead atoms. The summed E-state index contributed by atoms with van der Waals surface area (Å²) in [6, 6.07) is 6.85. The molecule has 2 aromatic heterocycles. The van der Waals surface area contributed by atoms with Crippen molar-refractivity contribution in [1.82, 2.24) is 19.7 Å². The number of benzene rings is 1. The van der Waals surface area contributed by atoms with E-state index in [-0.39, 0.29) is 11.2 Å². The largest absolute Gasteiger partial charge is 0.338 e. The van der Waals surface area contributed by atoms with E-state index in [2.05, 4.69) is 34.2 Å². The highest BCUT2D eigenvalue weighted by Gasteiger charge is 2.37. The monoisotopic (exact) mass is 401 g/mol. The summed E-state index contributed by atoms with van der Waals surface area (Å²) in [4.78, 5) is 21.5. The third-order valence-corrected chi connectivity index (χ3v) is 4.85. The van der Waals surface area contributed by atoms with Gasteiger partial charge in [-0.15, -0.1) is 5.10 Å². The Morgan fingerprint density at radius 1 is 1.07 bits per heavy atom. The Balaban J connectivity index is 1.85. The van der Waals surface area contributed by atoms with Gasteiger partial charge in [-0.3, -0.25) is 4.79 Å². The average Bonchev–Trinajstić information content (AvgIpc) is 2.91. The normalized spacial score (nSPS) is 15.5. The quantitative estimate of drug-likeness (QED) is 0.677. The van der Waals surface area contributed by atoms with Gasteiger partial charge in [-0.2, -0.15) is 0 Å². The summed E-state index contributed by atoms with van der Waals surface area (Å²) in [6.45, 7) is 4.14. The molecule has 1 aromatic carbocycles. The fraction of sp³-hybridized carbons (Fsp3) is 0.263. The molecule has 3 aromatic rings. The lowest BCUT2D eigenvalue weighted by molar-refractivity contribution is 0.0911. The van der Waals surface area contributed by atoms with Crippen LogP contribution in [0.5, 0.6) is 0 Å². The van der Waals surface area contributed by atoms with Gasteiger partial charge in [0.2, 0.25) is 0 Å². The molecule has 8 heteroatoms. The third kappa shape index (κ3) is 3.55. The molecule has 27 heavy (non-hydrogen) atoms. The van der Waals surface area contributed by atoms with Gasteiger partial charge in [-0.1, -0.05) is 37.0 Å². The van der Waals surface area contributed by atoms with Gasteiger partial charge in [-0.25, -0.2) is 14.6 Å². The molecule has 0 spiro atoms. The first kappa shape index (κ1) is 17.9. The Hall–Kier alpha value is -2.44. The SMILES string of the molecule is CC1(C)CC(=O)c2c(Nc3cc(Cl)cc(Cl)c3)nn(-c3ncccn3)c2C1. The Bertz CT molecular complexity index is 1010. The molecule has 0 amide bonds. The van der Waals surface area contributed by atoms with E-state index in [1.54, 1.807) is 41.3 Å². The topological polar surface area (TPSA) is 72.7 Å². The fourth-order valence-corrected chi connectivity index (χ4v) is 3.89. The van der Waals surface area contributed by atoms with Crippen molar-refractivity contribution >= 4 is 40.5 Å². The van der Waals surface area contributed by atoms with Gasteiger partial charge in [0.05, 0.1) is 11.3 Å². The van der Waals surface area contributed by atoms with Gasteiger partial charge in [0.25, 0.3) is 5.95 Å². The molecule has 0 fully saturated rings. The van der Waals surface area contributed by atoms with Crippen LogP contribution >= 0.6 is 23.2 Å². The zero-order valence-corrected chi connectivity index (χ0v) is 16.3. The molecular weight excluding hydrogens is 385 g/mol. The van der Waals surface area contributed by atoms with Crippen LogP contribution in [0.15, 0.2) is 36.7 Å². The van der Waals surface area contributed by atoms with Crippen LogP contribution in [0.2, 0.25) is 10.0 Å². The molecule has 6 nitrogen and oxygen atoms in total. The maximum atomic E-state index is 12.9. The number of nitrogens with zero attached hydrogens (tertiary/aromatic N) is 4. The minimum absolute atomic E-state index is 0.0408. The number of fused-ring (bicyclic) bond motifs is 1. The first-order chi connectivity index (χ1) is 12.8. The van der Waals surface area contributed by atoms with Gasteiger partial charge >= 0.3 is 0 Å². The molecule has 0 unspecified atom stereocenters. The van der Waals surface area contributed by atoms with Gasteiger partial charge in [0.15, 0.2) is 11.6 Å². The number of aromatic nitrogens is 4. The molecule has 138 valence electrons. The lowest BCUT2D eigenvalue weighted by Gasteiger charge is -2.28. The summed E-state index contributed by atoms with van der Waals surface area (Å²) in [6.07, 6.45) is 4.44. The molecule has 1 aliphatic carbocycles. The number of halogens is 2. The molecule has 0 atom stereocenters. The lowest BCUT2D eigenvalue weighted by Crippen LogP contribution is -2.28. The van der Waals surface area contributed by atoms with Crippen LogP contribution in [0.25, 0.3) is 5.95 Å². The Labute approximate surface area is 166 Å². The minimum Gasteiger partial charge on any atom is -0.338 e. The number of ketones is 1. The van der Waals surface area contributed by atoms with Crippen LogP contribution in [0.4, 0.5) is 11.5 Å². The molecule has 2 heterocycles. The second-order valence-corrected chi connectivity index (χ2v) is 8.23. The van der Waals surface area contributed by atoms with Gasteiger partial charge < -0.3 is 5.32 Å². The standard InChI is InChI=1S/C19H17Cl2N5O/c1-19(2)9-14-16(15(27)10-19)17(24-13-7-11(20)6-12(21)8-13)25-26(14)18-22-4-3-5-23-18/h3-8H,9-10H2,1-2H3,(H,24,25). The van der Waals surface area contributed by atoms with Crippen molar-refractivity contribution in [2.75, 3.05) is 5.32 Å². The van der Waals surface area contributed by atoms with E-state index in [9.17, 15) is 4.79 Å². The smallest absolute Gasteiger partial charge is 0.250 e. The Morgan fingerprint density at radius 3 is 2.41 bits per heavy atom. The van der Waals surface area contributed by atoms with Crippen LogP contribution in [-0.2, 0) is 6.42 Å².